The summed E-state index contributed by atoms with van der Waals surface area (Å²) in [6.45, 7) is 3.59. The standard InChI is InChI=1S/C13H13FN4.ClH/c1-7-3-4-17-12(14)11(7)9-5-8(2)18-10(6-9)13(15)16;/h3-6H,1-2H3,(H3,15,16);1H. The Morgan fingerprint density at radius 2 is 2.00 bits per heavy atom. The van der Waals surface area contributed by atoms with Crippen LogP contribution in [0.5, 0.6) is 0 Å². The molecule has 0 aliphatic heterocycles. The molecule has 0 radical (unpaired) electrons. The van der Waals surface area contributed by atoms with Gasteiger partial charge in [-0.3, -0.25) is 5.41 Å². The monoisotopic (exact) mass is 280 g/mol. The molecule has 0 amide bonds. The van der Waals surface area contributed by atoms with Gasteiger partial charge in [0, 0.05) is 17.5 Å². The molecule has 0 aromatic carbocycles. The van der Waals surface area contributed by atoms with E-state index >= 15 is 0 Å². The number of hydrogen-bond acceptors (Lipinski definition) is 3. The predicted molar refractivity (Wildman–Crippen MR) is 75.2 cm³/mol. The third-order valence-electron chi connectivity index (χ3n) is 2.63. The average molecular weight is 281 g/mol. The Labute approximate surface area is 116 Å². The number of aryl methyl sites for hydroxylation is 2. The van der Waals surface area contributed by atoms with Crippen LogP contribution in [0.2, 0.25) is 0 Å². The van der Waals surface area contributed by atoms with Crippen LogP contribution in [0.4, 0.5) is 4.39 Å². The third kappa shape index (κ3) is 3.06. The van der Waals surface area contributed by atoms with Crippen LogP contribution in [0.25, 0.3) is 11.1 Å². The minimum absolute atomic E-state index is 0. The van der Waals surface area contributed by atoms with Crippen LogP contribution in [-0.2, 0) is 0 Å². The van der Waals surface area contributed by atoms with Gasteiger partial charge in [-0.1, -0.05) is 0 Å². The Balaban J connectivity index is 0.00000180. The molecular weight excluding hydrogens is 267 g/mol. The van der Waals surface area contributed by atoms with Crippen LogP contribution >= 0.6 is 12.4 Å². The van der Waals surface area contributed by atoms with Gasteiger partial charge < -0.3 is 5.73 Å². The summed E-state index contributed by atoms with van der Waals surface area (Å²) in [5.74, 6) is -0.669. The van der Waals surface area contributed by atoms with Gasteiger partial charge in [0.15, 0.2) is 0 Å². The second-order valence-corrected chi connectivity index (χ2v) is 4.09. The minimum Gasteiger partial charge on any atom is -0.382 e. The van der Waals surface area contributed by atoms with E-state index in [1.54, 1.807) is 25.1 Å². The summed E-state index contributed by atoms with van der Waals surface area (Å²) in [5, 5.41) is 7.40. The number of pyridine rings is 2. The first kappa shape index (κ1) is 15.0. The van der Waals surface area contributed by atoms with Crippen molar-refractivity contribution in [1.82, 2.24) is 9.97 Å². The molecule has 0 spiro atoms. The first-order chi connectivity index (χ1) is 8.49. The van der Waals surface area contributed by atoms with E-state index in [1.165, 1.54) is 6.20 Å². The Hall–Kier alpha value is -2.01. The molecule has 0 aliphatic carbocycles. The topological polar surface area (TPSA) is 75.7 Å². The second-order valence-electron chi connectivity index (χ2n) is 4.09. The molecule has 2 rings (SSSR count). The summed E-state index contributed by atoms with van der Waals surface area (Å²) < 4.78 is 13.8. The van der Waals surface area contributed by atoms with Crippen molar-refractivity contribution in [3.8, 4) is 11.1 Å². The molecule has 2 heterocycles. The largest absolute Gasteiger partial charge is 0.382 e. The van der Waals surface area contributed by atoms with Crippen LogP contribution in [0.1, 0.15) is 17.0 Å². The SMILES string of the molecule is Cc1cc(-c2c(C)ccnc2F)cc(C(=N)N)n1.Cl. The lowest BCUT2D eigenvalue weighted by atomic mass is 10.0. The van der Waals surface area contributed by atoms with E-state index in [-0.39, 0.29) is 18.2 Å². The highest BCUT2D eigenvalue weighted by atomic mass is 35.5. The van der Waals surface area contributed by atoms with Crippen molar-refractivity contribution in [2.75, 3.05) is 0 Å². The van der Waals surface area contributed by atoms with Crippen molar-refractivity contribution in [2.45, 2.75) is 13.8 Å². The van der Waals surface area contributed by atoms with Gasteiger partial charge in [0.2, 0.25) is 5.95 Å². The van der Waals surface area contributed by atoms with E-state index in [0.717, 1.165) is 5.56 Å². The van der Waals surface area contributed by atoms with E-state index in [0.29, 0.717) is 22.5 Å². The average Bonchev–Trinajstić information content (AvgIpc) is 2.28. The van der Waals surface area contributed by atoms with Gasteiger partial charge in [0.25, 0.3) is 0 Å². The molecule has 6 heteroatoms. The zero-order valence-corrected chi connectivity index (χ0v) is 11.4. The Morgan fingerprint density at radius 3 is 2.58 bits per heavy atom. The maximum absolute atomic E-state index is 13.8. The molecule has 3 N–H and O–H groups in total. The summed E-state index contributed by atoms with van der Waals surface area (Å²) in [6, 6.07) is 5.09. The number of aromatic nitrogens is 2. The molecule has 2 aromatic rings. The molecule has 2 aromatic heterocycles. The van der Waals surface area contributed by atoms with Crippen LogP contribution in [0, 0.1) is 25.2 Å². The van der Waals surface area contributed by atoms with Gasteiger partial charge in [0.05, 0.1) is 0 Å². The highest BCUT2D eigenvalue weighted by Gasteiger charge is 2.12. The van der Waals surface area contributed by atoms with Gasteiger partial charge in [-0.25, -0.2) is 9.97 Å². The molecule has 100 valence electrons. The number of nitrogens with zero attached hydrogens (tertiary/aromatic N) is 2. The number of nitrogens with two attached hydrogens (primary N) is 1. The Bertz CT molecular complexity index is 608. The Kier molecular flexibility index (Phi) is 4.56. The van der Waals surface area contributed by atoms with Crippen molar-refractivity contribution < 1.29 is 4.39 Å². The van der Waals surface area contributed by atoms with Gasteiger partial charge >= 0.3 is 0 Å². The highest BCUT2D eigenvalue weighted by molar-refractivity contribution is 5.94. The van der Waals surface area contributed by atoms with Crippen molar-refractivity contribution in [3.63, 3.8) is 0 Å². The molecule has 0 bridgehead atoms. The van der Waals surface area contributed by atoms with Crippen molar-refractivity contribution in [1.29, 1.82) is 5.41 Å². The van der Waals surface area contributed by atoms with Gasteiger partial charge in [-0.15, -0.1) is 12.4 Å². The van der Waals surface area contributed by atoms with Crippen LogP contribution in [0.15, 0.2) is 24.4 Å². The molecule has 0 saturated heterocycles. The predicted octanol–water partition coefficient (Wildman–Crippen LogP) is 2.61. The number of rotatable bonds is 2. The molecule has 0 unspecified atom stereocenters. The molecular formula is C13H14ClFN4. The van der Waals surface area contributed by atoms with E-state index < -0.39 is 5.95 Å². The summed E-state index contributed by atoms with van der Waals surface area (Å²) in [6.07, 6.45) is 1.42. The summed E-state index contributed by atoms with van der Waals surface area (Å²) in [4.78, 5) is 7.77. The maximum atomic E-state index is 13.8. The van der Waals surface area contributed by atoms with Crippen molar-refractivity contribution in [3.05, 3.63) is 47.3 Å². The van der Waals surface area contributed by atoms with E-state index in [4.69, 9.17) is 11.1 Å². The number of halogens is 2. The number of nitrogen functional groups attached to an aromatic ring is 1. The Morgan fingerprint density at radius 1 is 1.32 bits per heavy atom. The zero-order valence-electron chi connectivity index (χ0n) is 10.6. The first-order valence-corrected chi connectivity index (χ1v) is 5.43. The van der Waals surface area contributed by atoms with Crippen molar-refractivity contribution >= 4 is 18.2 Å². The molecule has 4 nitrogen and oxygen atoms in total. The van der Waals surface area contributed by atoms with E-state index in [2.05, 4.69) is 9.97 Å². The molecule has 19 heavy (non-hydrogen) atoms. The fourth-order valence-electron chi connectivity index (χ4n) is 1.82. The van der Waals surface area contributed by atoms with Crippen LogP contribution < -0.4 is 5.73 Å². The van der Waals surface area contributed by atoms with Crippen molar-refractivity contribution in [2.24, 2.45) is 5.73 Å². The fourth-order valence-corrected chi connectivity index (χ4v) is 1.82. The number of nitrogens with one attached hydrogen (secondary N) is 1. The van der Waals surface area contributed by atoms with E-state index in [1.807, 2.05) is 6.92 Å². The second kappa shape index (κ2) is 5.75. The van der Waals surface area contributed by atoms with E-state index in [9.17, 15) is 4.39 Å². The first-order valence-electron chi connectivity index (χ1n) is 5.43. The summed E-state index contributed by atoms with van der Waals surface area (Å²) >= 11 is 0. The maximum Gasteiger partial charge on any atom is 0.220 e. The van der Waals surface area contributed by atoms with Crippen LogP contribution in [-0.4, -0.2) is 15.8 Å². The fraction of sp³-hybridized carbons (Fsp3) is 0.154. The highest BCUT2D eigenvalue weighted by Crippen LogP contribution is 2.26. The third-order valence-corrected chi connectivity index (χ3v) is 2.63. The smallest absolute Gasteiger partial charge is 0.220 e. The zero-order chi connectivity index (χ0) is 13.3. The summed E-state index contributed by atoms with van der Waals surface area (Å²) in [7, 11) is 0. The minimum atomic E-state index is -0.532. The lowest BCUT2D eigenvalue weighted by Crippen LogP contribution is -2.14. The normalized spacial score (nSPS) is 9.84. The van der Waals surface area contributed by atoms with Gasteiger partial charge in [-0.2, -0.15) is 4.39 Å². The van der Waals surface area contributed by atoms with Crippen LogP contribution in [0.3, 0.4) is 0 Å². The summed E-state index contributed by atoms with van der Waals surface area (Å²) in [5.41, 5.74) is 8.28. The molecule has 0 saturated carbocycles. The molecule has 0 fully saturated rings. The molecule has 0 atom stereocenters. The number of hydrogen-bond donors (Lipinski definition) is 2. The molecule has 0 aliphatic rings. The van der Waals surface area contributed by atoms with Gasteiger partial charge in [-0.05, 0) is 43.2 Å². The quantitative estimate of drug-likeness (QED) is 0.504. The lowest BCUT2D eigenvalue weighted by Gasteiger charge is -2.09. The lowest BCUT2D eigenvalue weighted by molar-refractivity contribution is 0.586. The van der Waals surface area contributed by atoms with Gasteiger partial charge in [0.1, 0.15) is 11.5 Å². The number of amidine groups is 1.